The Bertz CT molecular complexity index is 722. The summed E-state index contributed by atoms with van der Waals surface area (Å²) < 4.78 is 0. The number of aromatic amines is 1. The summed E-state index contributed by atoms with van der Waals surface area (Å²) in [4.78, 5) is 29.2. The van der Waals surface area contributed by atoms with Gasteiger partial charge in [0.05, 0.1) is 22.2 Å². The molecule has 112 valence electrons. The third-order valence-corrected chi connectivity index (χ3v) is 3.89. The number of nitrogens with zero attached hydrogens (tertiary/aromatic N) is 2. The highest BCUT2D eigenvalue weighted by molar-refractivity contribution is 5.81. The fourth-order valence-corrected chi connectivity index (χ4v) is 2.67. The van der Waals surface area contributed by atoms with E-state index in [2.05, 4.69) is 15.3 Å². The van der Waals surface area contributed by atoms with Crippen molar-refractivity contribution in [3.63, 3.8) is 0 Å². The molecule has 0 spiro atoms. The van der Waals surface area contributed by atoms with Crippen LogP contribution in [-0.2, 0) is 0 Å². The molecular weight excluding hydrogens is 272 g/mol. The third kappa shape index (κ3) is 2.78. The third-order valence-electron chi connectivity index (χ3n) is 3.89. The van der Waals surface area contributed by atoms with Gasteiger partial charge in [-0.3, -0.25) is 14.9 Å². The van der Waals surface area contributed by atoms with Crippen molar-refractivity contribution in [3.05, 3.63) is 44.5 Å². The van der Waals surface area contributed by atoms with Gasteiger partial charge in [-0.15, -0.1) is 0 Å². The minimum Gasteiger partial charge on any atom is -0.316 e. The highest BCUT2D eigenvalue weighted by Crippen LogP contribution is 2.32. The number of hydrogen-bond acceptors (Lipinski definition) is 5. The molecule has 2 aromatic rings. The van der Waals surface area contributed by atoms with Crippen molar-refractivity contribution in [2.75, 3.05) is 7.05 Å². The molecule has 0 aliphatic carbocycles. The number of aromatic nitrogens is 2. The van der Waals surface area contributed by atoms with Crippen molar-refractivity contribution in [2.45, 2.75) is 32.2 Å². The summed E-state index contributed by atoms with van der Waals surface area (Å²) in [5.41, 5.74) is 0.647. The quantitative estimate of drug-likeness (QED) is 0.647. The summed E-state index contributed by atoms with van der Waals surface area (Å²) in [6, 6.07) is 3.08. The number of fused-ring (bicyclic) bond motifs is 1. The Morgan fingerprint density at radius 3 is 2.76 bits per heavy atom. The monoisotopic (exact) mass is 290 g/mol. The molecular formula is C14H18N4O3. The topological polar surface area (TPSA) is 101 Å². The van der Waals surface area contributed by atoms with Gasteiger partial charge in [0, 0.05) is 23.6 Å². The molecule has 1 heterocycles. The Morgan fingerprint density at radius 2 is 2.19 bits per heavy atom. The van der Waals surface area contributed by atoms with E-state index in [0.29, 0.717) is 11.1 Å². The molecule has 2 N–H and O–H groups in total. The molecule has 0 amide bonds. The van der Waals surface area contributed by atoms with Crippen molar-refractivity contribution in [2.24, 2.45) is 0 Å². The second kappa shape index (κ2) is 6.01. The summed E-state index contributed by atoms with van der Waals surface area (Å²) in [6.07, 6.45) is 2.15. The minimum absolute atomic E-state index is 0.0396. The maximum atomic E-state index is 11.8. The molecule has 0 saturated carbocycles. The molecule has 1 aromatic heterocycles. The first-order chi connectivity index (χ1) is 9.99. The molecule has 0 saturated heterocycles. The second-order valence-corrected chi connectivity index (χ2v) is 5.01. The molecule has 21 heavy (non-hydrogen) atoms. The standard InChI is InChI=1S/C14H18N4O3/c1-4-11(15-3)8(2)9-5-12-10(6-13(9)18(20)21)14(19)17-7-16-12/h5-8,11,15H,4H2,1-3H3,(H,16,17,19). The first-order valence-electron chi connectivity index (χ1n) is 6.82. The number of benzene rings is 1. The number of likely N-dealkylation sites (N-methyl/N-ethyl adjacent to an activating group) is 1. The van der Waals surface area contributed by atoms with Crippen LogP contribution in [0.5, 0.6) is 0 Å². The maximum absolute atomic E-state index is 11.8. The maximum Gasteiger partial charge on any atom is 0.273 e. The van der Waals surface area contributed by atoms with Gasteiger partial charge in [-0.05, 0) is 19.5 Å². The highest BCUT2D eigenvalue weighted by atomic mass is 16.6. The van der Waals surface area contributed by atoms with Gasteiger partial charge in [-0.1, -0.05) is 13.8 Å². The summed E-state index contributed by atoms with van der Waals surface area (Å²) in [6.45, 7) is 3.96. The molecule has 2 unspecified atom stereocenters. The fraction of sp³-hybridized carbons (Fsp3) is 0.429. The molecule has 0 radical (unpaired) electrons. The largest absolute Gasteiger partial charge is 0.316 e. The number of hydrogen-bond donors (Lipinski definition) is 2. The van der Waals surface area contributed by atoms with Crippen molar-refractivity contribution in [3.8, 4) is 0 Å². The Hall–Kier alpha value is -2.28. The lowest BCUT2D eigenvalue weighted by molar-refractivity contribution is -0.385. The van der Waals surface area contributed by atoms with Gasteiger partial charge in [0.2, 0.25) is 0 Å². The van der Waals surface area contributed by atoms with E-state index in [0.717, 1.165) is 6.42 Å². The van der Waals surface area contributed by atoms with E-state index in [4.69, 9.17) is 0 Å². The summed E-state index contributed by atoms with van der Waals surface area (Å²) in [5, 5.41) is 14.7. The van der Waals surface area contributed by atoms with Crippen LogP contribution < -0.4 is 10.9 Å². The zero-order chi connectivity index (χ0) is 15.6. The molecule has 1 aromatic carbocycles. The number of rotatable bonds is 5. The van der Waals surface area contributed by atoms with Crippen molar-refractivity contribution >= 4 is 16.6 Å². The minimum atomic E-state index is -0.444. The number of nitrogens with one attached hydrogen (secondary N) is 2. The molecule has 0 fully saturated rings. The first-order valence-corrected chi connectivity index (χ1v) is 6.82. The van der Waals surface area contributed by atoms with E-state index in [1.165, 1.54) is 12.4 Å². The molecule has 0 aliphatic heterocycles. The van der Waals surface area contributed by atoms with Gasteiger partial charge in [0.25, 0.3) is 11.2 Å². The van der Waals surface area contributed by atoms with Gasteiger partial charge >= 0.3 is 0 Å². The van der Waals surface area contributed by atoms with Gasteiger partial charge in [-0.2, -0.15) is 0 Å². The van der Waals surface area contributed by atoms with Crippen LogP contribution in [0.2, 0.25) is 0 Å². The second-order valence-electron chi connectivity index (χ2n) is 5.01. The molecule has 7 nitrogen and oxygen atoms in total. The SMILES string of the molecule is CCC(NC)C(C)c1cc2nc[nH]c(=O)c2cc1[N+](=O)[O-]. The molecule has 0 bridgehead atoms. The summed E-state index contributed by atoms with van der Waals surface area (Å²) in [5.74, 6) is -0.0640. The van der Waals surface area contributed by atoms with Crippen LogP contribution >= 0.6 is 0 Å². The van der Waals surface area contributed by atoms with E-state index < -0.39 is 4.92 Å². The van der Waals surface area contributed by atoms with Crippen LogP contribution in [0.25, 0.3) is 10.9 Å². The van der Waals surface area contributed by atoms with E-state index in [1.807, 2.05) is 20.9 Å². The lowest BCUT2D eigenvalue weighted by Gasteiger charge is -2.22. The normalized spacial score (nSPS) is 14.0. The zero-order valence-corrected chi connectivity index (χ0v) is 12.2. The molecule has 0 aliphatic rings. The molecule has 2 atom stereocenters. The smallest absolute Gasteiger partial charge is 0.273 e. The fourth-order valence-electron chi connectivity index (χ4n) is 2.67. The Balaban J connectivity index is 2.69. The number of nitro benzene ring substituents is 1. The van der Waals surface area contributed by atoms with E-state index in [1.54, 1.807) is 6.07 Å². The van der Waals surface area contributed by atoms with E-state index in [9.17, 15) is 14.9 Å². The average Bonchev–Trinajstić information content (AvgIpc) is 2.47. The van der Waals surface area contributed by atoms with E-state index in [-0.39, 0.29) is 28.6 Å². The van der Waals surface area contributed by atoms with Crippen LogP contribution in [-0.4, -0.2) is 28.0 Å². The predicted octanol–water partition coefficient (Wildman–Crippen LogP) is 1.93. The van der Waals surface area contributed by atoms with E-state index >= 15 is 0 Å². The van der Waals surface area contributed by atoms with Crippen LogP contribution in [0.3, 0.4) is 0 Å². The van der Waals surface area contributed by atoms with Crippen LogP contribution in [0.1, 0.15) is 31.7 Å². The Labute approximate surface area is 121 Å². The average molecular weight is 290 g/mol. The molecule has 7 heteroatoms. The van der Waals surface area contributed by atoms with Crippen molar-refractivity contribution in [1.82, 2.24) is 15.3 Å². The van der Waals surface area contributed by atoms with Gasteiger partial charge in [0.1, 0.15) is 0 Å². The number of H-pyrrole nitrogens is 1. The van der Waals surface area contributed by atoms with Crippen molar-refractivity contribution in [1.29, 1.82) is 0 Å². The number of nitro groups is 1. The lowest BCUT2D eigenvalue weighted by Crippen LogP contribution is -2.30. The van der Waals surface area contributed by atoms with Crippen LogP contribution in [0, 0.1) is 10.1 Å². The Kier molecular flexibility index (Phi) is 4.32. The lowest BCUT2D eigenvalue weighted by atomic mass is 9.90. The summed E-state index contributed by atoms with van der Waals surface area (Å²) in [7, 11) is 1.83. The first kappa shape index (κ1) is 15.1. The summed E-state index contributed by atoms with van der Waals surface area (Å²) >= 11 is 0. The highest BCUT2D eigenvalue weighted by Gasteiger charge is 2.25. The van der Waals surface area contributed by atoms with Crippen molar-refractivity contribution < 1.29 is 4.92 Å². The van der Waals surface area contributed by atoms with Crippen LogP contribution in [0.4, 0.5) is 5.69 Å². The molecule has 2 rings (SSSR count). The van der Waals surface area contributed by atoms with Gasteiger partial charge in [0.15, 0.2) is 0 Å². The zero-order valence-electron chi connectivity index (χ0n) is 12.2. The van der Waals surface area contributed by atoms with Gasteiger partial charge < -0.3 is 10.3 Å². The Morgan fingerprint density at radius 1 is 1.48 bits per heavy atom. The van der Waals surface area contributed by atoms with Crippen LogP contribution in [0.15, 0.2) is 23.3 Å². The van der Waals surface area contributed by atoms with Gasteiger partial charge in [-0.25, -0.2) is 4.98 Å². The predicted molar refractivity (Wildman–Crippen MR) is 80.6 cm³/mol.